The molecule has 0 unspecified atom stereocenters. The zero-order valence-corrected chi connectivity index (χ0v) is 13.6. The zero-order valence-electron chi connectivity index (χ0n) is 12.8. The van der Waals surface area contributed by atoms with Gasteiger partial charge in [-0.1, -0.05) is 6.07 Å². The van der Waals surface area contributed by atoms with Crippen molar-refractivity contribution >= 4 is 23.0 Å². The Morgan fingerprint density at radius 2 is 2.05 bits per heavy atom. The Bertz CT molecular complexity index is 564. The first kappa shape index (κ1) is 14.8. The van der Waals surface area contributed by atoms with Crippen LogP contribution in [0, 0.1) is 13.8 Å². The highest BCUT2D eigenvalue weighted by atomic mass is 32.1. The minimum absolute atomic E-state index is 0.384. The summed E-state index contributed by atoms with van der Waals surface area (Å²) in [5, 5.41) is 5.27. The monoisotopic (exact) mass is 290 g/mol. The summed E-state index contributed by atoms with van der Waals surface area (Å²) < 4.78 is 0. The standard InChI is InChI=1S/C15H22N4S/c1-10(2)19(9-13-7-6-8-20-13)15-11(3)14(16-5)17-12(4)18-15/h6-8,10H,9H2,1-5H3,(H,16,17,18). The number of thiophene rings is 1. The number of nitrogens with one attached hydrogen (secondary N) is 1. The second kappa shape index (κ2) is 6.22. The highest BCUT2D eigenvalue weighted by Gasteiger charge is 2.18. The summed E-state index contributed by atoms with van der Waals surface area (Å²) in [4.78, 5) is 12.8. The van der Waals surface area contributed by atoms with Crippen molar-refractivity contribution in [1.29, 1.82) is 0 Å². The maximum Gasteiger partial charge on any atom is 0.137 e. The lowest BCUT2D eigenvalue weighted by atomic mass is 10.2. The third-order valence-electron chi connectivity index (χ3n) is 3.27. The van der Waals surface area contributed by atoms with E-state index in [9.17, 15) is 0 Å². The molecule has 2 aromatic heterocycles. The van der Waals surface area contributed by atoms with Crippen LogP contribution in [0.25, 0.3) is 0 Å². The summed E-state index contributed by atoms with van der Waals surface area (Å²) in [5.74, 6) is 2.72. The predicted molar refractivity (Wildman–Crippen MR) is 86.7 cm³/mol. The number of nitrogens with zero attached hydrogens (tertiary/aromatic N) is 3. The van der Waals surface area contributed by atoms with Crippen LogP contribution >= 0.6 is 11.3 Å². The van der Waals surface area contributed by atoms with Crippen LogP contribution in [-0.2, 0) is 6.54 Å². The van der Waals surface area contributed by atoms with Crippen LogP contribution in [0.3, 0.4) is 0 Å². The van der Waals surface area contributed by atoms with Crippen molar-refractivity contribution in [3.05, 3.63) is 33.8 Å². The van der Waals surface area contributed by atoms with Crippen molar-refractivity contribution in [2.45, 2.75) is 40.3 Å². The van der Waals surface area contributed by atoms with Crippen LogP contribution in [0.15, 0.2) is 17.5 Å². The molecule has 1 N–H and O–H groups in total. The van der Waals surface area contributed by atoms with Crippen molar-refractivity contribution in [2.75, 3.05) is 17.3 Å². The first-order chi connectivity index (χ1) is 9.52. The third-order valence-corrected chi connectivity index (χ3v) is 4.13. The molecule has 0 bridgehead atoms. The van der Waals surface area contributed by atoms with Crippen molar-refractivity contribution in [2.24, 2.45) is 0 Å². The van der Waals surface area contributed by atoms with Gasteiger partial charge in [0, 0.05) is 23.5 Å². The Hall–Kier alpha value is -1.62. The molecule has 5 heteroatoms. The minimum atomic E-state index is 0.384. The molecule has 2 aromatic rings. The zero-order chi connectivity index (χ0) is 14.7. The molecule has 2 rings (SSSR count). The van der Waals surface area contributed by atoms with E-state index in [-0.39, 0.29) is 0 Å². The molecule has 4 nitrogen and oxygen atoms in total. The van der Waals surface area contributed by atoms with Crippen molar-refractivity contribution < 1.29 is 0 Å². The van der Waals surface area contributed by atoms with Gasteiger partial charge in [0.2, 0.25) is 0 Å². The van der Waals surface area contributed by atoms with Crippen LogP contribution in [0.1, 0.15) is 30.1 Å². The van der Waals surface area contributed by atoms with E-state index >= 15 is 0 Å². The molecule has 0 aliphatic heterocycles. The molecule has 0 aliphatic rings. The Balaban J connectivity index is 2.41. The lowest BCUT2D eigenvalue weighted by Gasteiger charge is -2.29. The predicted octanol–water partition coefficient (Wildman–Crippen LogP) is 3.61. The number of rotatable bonds is 5. The average Bonchev–Trinajstić information content (AvgIpc) is 2.91. The number of hydrogen-bond acceptors (Lipinski definition) is 5. The lowest BCUT2D eigenvalue weighted by molar-refractivity contribution is 0.671. The van der Waals surface area contributed by atoms with E-state index in [0.29, 0.717) is 6.04 Å². The van der Waals surface area contributed by atoms with Gasteiger partial charge in [-0.3, -0.25) is 0 Å². The SMILES string of the molecule is CNc1nc(C)nc(N(Cc2cccs2)C(C)C)c1C. The van der Waals surface area contributed by atoms with Crippen LogP contribution in [-0.4, -0.2) is 23.1 Å². The summed E-state index contributed by atoms with van der Waals surface area (Å²) in [6.07, 6.45) is 0. The van der Waals surface area contributed by atoms with E-state index < -0.39 is 0 Å². The molecular formula is C15H22N4S. The van der Waals surface area contributed by atoms with E-state index in [4.69, 9.17) is 0 Å². The van der Waals surface area contributed by atoms with Gasteiger partial charge in [0.25, 0.3) is 0 Å². The maximum atomic E-state index is 4.66. The molecule has 108 valence electrons. The molecule has 0 fully saturated rings. The van der Waals surface area contributed by atoms with Crippen molar-refractivity contribution in [3.63, 3.8) is 0 Å². The van der Waals surface area contributed by atoms with Gasteiger partial charge in [0.05, 0.1) is 6.54 Å². The molecule has 0 amide bonds. The van der Waals surface area contributed by atoms with E-state index in [0.717, 1.165) is 29.6 Å². The number of aromatic nitrogens is 2. The fourth-order valence-electron chi connectivity index (χ4n) is 2.21. The second-order valence-electron chi connectivity index (χ2n) is 5.12. The largest absolute Gasteiger partial charge is 0.373 e. The number of aryl methyl sites for hydroxylation is 1. The van der Waals surface area contributed by atoms with Gasteiger partial charge < -0.3 is 10.2 Å². The maximum absolute atomic E-state index is 4.66. The molecule has 0 aromatic carbocycles. The van der Waals surface area contributed by atoms with E-state index in [1.165, 1.54) is 4.88 Å². The Kier molecular flexibility index (Phi) is 4.60. The summed E-state index contributed by atoms with van der Waals surface area (Å²) >= 11 is 1.78. The van der Waals surface area contributed by atoms with Crippen LogP contribution < -0.4 is 10.2 Å². The van der Waals surface area contributed by atoms with E-state index in [2.05, 4.69) is 58.5 Å². The number of anilines is 2. The van der Waals surface area contributed by atoms with Gasteiger partial charge in [-0.05, 0) is 39.1 Å². The molecule has 0 spiro atoms. The molecule has 0 aliphatic carbocycles. The highest BCUT2D eigenvalue weighted by Crippen LogP contribution is 2.27. The summed E-state index contributed by atoms with van der Waals surface area (Å²) in [6, 6.07) is 4.65. The molecular weight excluding hydrogens is 268 g/mol. The molecule has 0 saturated heterocycles. The molecule has 0 saturated carbocycles. The van der Waals surface area contributed by atoms with Crippen molar-refractivity contribution in [3.8, 4) is 0 Å². The Labute approximate surface area is 124 Å². The van der Waals surface area contributed by atoms with Crippen LogP contribution in [0.5, 0.6) is 0 Å². The lowest BCUT2D eigenvalue weighted by Crippen LogP contribution is -2.31. The third kappa shape index (κ3) is 3.10. The molecule has 2 heterocycles. The Morgan fingerprint density at radius 1 is 1.30 bits per heavy atom. The van der Waals surface area contributed by atoms with Gasteiger partial charge in [0.15, 0.2) is 0 Å². The van der Waals surface area contributed by atoms with Gasteiger partial charge >= 0.3 is 0 Å². The van der Waals surface area contributed by atoms with Crippen LogP contribution in [0.2, 0.25) is 0 Å². The number of hydrogen-bond donors (Lipinski definition) is 1. The highest BCUT2D eigenvalue weighted by molar-refractivity contribution is 7.09. The van der Waals surface area contributed by atoms with E-state index in [1.807, 2.05) is 14.0 Å². The topological polar surface area (TPSA) is 41.1 Å². The second-order valence-corrected chi connectivity index (χ2v) is 6.15. The molecule has 20 heavy (non-hydrogen) atoms. The average molecular weight is 290 g/mol. The molecule has 0 radical (unpaired) electrons. The normalized spacial score (nSPS) is 10.9. The van der Waals surface area contributed by atoms with E-state index in [1.54, 1.807) is 11.3 Å². The first-order valence-corrected chi connectivity index (χ1v) is 7.73. The first-order valence-electron chi connectivity index (χ1n) is 6.85. The fraction of sp³-hybridized carbons (Fsp3) is 0.467. The Morgan fingerprint density at radius 3 is 2.60 bits per heavy atom. The quantitative estimate of drug-likeness (QED) is 0.913. The van der Waals surface area contributed by atoms with Gasteiger partial charge in [-0.2, -0.15) is 0 Å². The van der Waals surface area contributed by atoms with Gasteiger partial charge in [-0.25, -0.2) is 9.97 Å². The smallest absolute Gasteiger partial charge is 0.137 e. The fourth-order valence-corrected chi connectivity index (χ4v) is 2.91. The molecule has 0 atom stereocenters. The minimum Gasteiger partial charge on any atom is -0.373 e. The van der Waals surface area contributed by atoms with Crippen LogP contribution in [0.4, 0.5) is 11.6 Å². The van der Waals surface area contributed by atoms with Gasteiger partial charge in [-0.15, -0.1) is 11.3 Å². The summed E-state index contributed by atoms with van der Waals surface area (Å²) in [7, 11) is 1.90. The van der Waals surface area contributed by atoms with Gasteiger partial charge in [0.1, 0.15) is 17.5 Å². The van der Waals surface area contributed by atoms with Crippen molar-refractivity contribution in [1.82, 2.24) is 9.97 Å². The summed E-state index contributed by atoms with van der Waals surface area (Å²) in [6.45, 7) is 9.29. The summed E-state index contributed by atoms with van der Waals surface area (Å²) in [5.41, 5.74) is 1.10.